The molecule has 4 nitrogen and oxygen atoms in total. The minimum Gasteiger partial charge on any atom is -0.496 e. The maximum absolute atomic E-state index is 5.45. The van der Waals surface area contributed by atoms with Crippen LogP contribution in [0, 0.1) is 0 Å². The summed E-state index contributed by atoms with van der Waals surface area (Å²) in [6.45, 7) is 0. The first-order chi connectivity index (χ1) is 10.9. The van der Waals surface area contributed by atoms with E-state index < -0.39 is 0 Å². The molecule has 0 fully saturated rings. The molecule has 0 saturated carbocycles. The van der Waals surface area contributed by atoms with Crippen molar-refractivity contribution in [3.63, 3.8) is 0 Å². The fraction of sp³-hybridized carbons (Fsp3) is 0.0556. The molecule has 4 heteroatoms. The molecule has 4 aromatic rings. The van der Waals surface area contributed by atoms with E-state index in [1.54, 1.807) is 19.6 Å². The van der Waals surface area contributed by atoms with E-state index in [0.29, 0.717) is 0 Å². The highest BCUT2D eigenvalue weighted by Crippen LogP contribution is 2.34. The quantitative estimate of drug-likeness (QED) is 0.604. The van der Waals surface area contributed by atoms with Crippen molar-refractivity contribution < 1.29 is 9.15 Å². The third-order valence-corrected chi connectivity index (χ3v) is 3.78. The summed E-state index contributed by atoms with van der Waals surface area (Å²) in [5.41, 5.74) is 5.01. The van der Waals surface area contributed by atoms with Crippen LogP contribution < -0.4 is 4.74 Å². The number of nitrogens with zero attached hydrogens (tertiary/aromatic N) is 1. The molecule has 0 radical (unpaired) electrons. The van der Waals surface area contributed by atoms with Crippen LogP contribution in [0.3, 0.4) is 0 Å². The molecule has 3 aromatic heterocycles. The smallest absolute Gasteiger partial charge is 0.137 e. The molecule has 0 atom stereocenters. The molecule has 0 unspecified atom stereocenters. The molecule has 3 heterocycles. The van der Waals surface area contributed by atoms with E-state index in [0.717, 1.165) is 39.0 Å². The molecule has 0 aliphatic heterocycles. The first-order valence-electron chi connectivity index (χ1n) is 7.00. The Morgan fingerprint density at radius 1 is 1.09 bits per heavy atom. The Morgan fingerprint density at radius 2 is 2.00 bits per heavy atom. The molecular weight excluding hydrogens is 276 g/mol. The molecule has 0 aliphatic carbocycles. The van der Waals surface area contributed by atoms with E-state index in [1.807, 2.05) is 42.7 Å². The summed E-state index contributed by atoms with van der Waals surface area (Å²) in [6, 6.07) is 12.0. The molecule has 0 saturated heterocycles. The van der Waals surface area contributed by atoms with Gasteiger partial charge >= 0.3 is 0 Å². The topological polar surface area (TPSA) is 51.0 Å². The molecule has 108 valence electrons. The lowest BCUT2D eigenvalue weighted by molar-refractivity contribution is 0.416. The molecule has 0 bridgehead atoms. The maximum Gasteiger partial charge on any atom is 0.137 e. The van der Waals surface area contributed by atoms with Gasteiger partial charge in [-0.2, -0.15) is 0 Å². The summed E-state index contributed by atoms with van der Waals surface area (Å²) >= 11 is 0. The fourth-order valence-electron chi connectivity index (χ4n) is 2.69. The van der Waals surface area contributed by atoms with Crippen LogP contribution in [0.4, 0.5) is 0 Å². The second kappa shape index (κ2) is 5.07. The van der Waals surface area contributed by atoms with E-state index in [4.69, 9.17) is 9.15 Å². The molecule has 22 heavy (non-hydrogen) atoms. The van der Waals surface area contributed by atoms with Crippen LogP contribution in [0.2, 0.25) is 0 Å². The normalized spacial score (nSPS) is 11.0. The van der Waals surface area contributed by atoms with Crippen molar-refractivity contribution >= 4 is 11.0 Å². The Bertz CT molecular complexity index is 923. The van der Waals surface area contributed by atoms with Crippen LogP contribution in [-0.4, -0.2) is 17.1 Å². The lowest BCUT2D eigenvalue weighted by Gasteiger charge is -2.08. The summed E-state index contributed by atoms with van der Waals surface area (Å²) in [4.78, 5) is 7.72. The van der Waals surface area contributed by atoms with Crippen LogP contribution in [-0.2, 0) is 0 Å². The van der Waals surface area contributed by atoms with Gasteiger partial charge in [0.15, 0.2) is 0 Å². The van der Waals surface area contributed by atoms with Gasteiger partial charge in [-0.15, -0.1) is 0 Å². The number of para-hydroxylation sites is 1. The number of rotatable bonds is 3. The lowest BCUT2D eigenvalue weighted by Crippen LogP contribution is -1.88. The minimum atomic E-state index is 0.837. The maximum atomic E-state index is 5.45. The first kappa shape index (κ1) is 12.7. The van der Waals surface area contributed by atoms with Gasteiger partial charge in [-0.25, -0.2) is 4.98 Å². The number of pyridine rings is 1. The van der Waals surface area contributed by atoms with Gasteiger partial charge in [-0.3, -0.25) is 0 Å². The monoisotopic (exact) mass is 290 g/mol. The molecule has 1 N–H and O–H groups in total. The fourth-order valence-corrected chi connectivity index (χ4v) is 2.69. The number of hydrogen-bond donors (Lipinski definition) is 1. The summed E-state index contributed by atoms with van der Waals surface area (Å²) in [5, 5.41) is 1.06. The Morgan fingerprint density at radius 3 is 2.82 bits per heavy atom. The number of nitrogens with one attached hydrogen (secondary N) is 1. The van der Waals surface area contributed by atoms with Crippen molar-refractivity contribution in [2.45, 2.75) is 0 Å². The third kappa shape index (κ3) is 1.97. The molecule has 4 rings (SSSR count). The highest BCUT2D eigenvalue weighted by molar-refractivity contribution is 5.95. The van der Waals surface area contributed by atoms with Crippen molar-refractivity contribution in [2.24, 2.45) is 0 Å². The molecule has 0 aliphatic rings. The van der Waals surface area contributed by atoms with E-state index >= 15 is 0 Å². The summed E-state index contributed by atoms with van der Waals surface area (Å²) in [5.74, 6) is 0.837. The summed E-state index contributed by atoms with van der Waals surface area (Å²) in [7, 11) is 1.68. The zero-order valence-electron chi connectivity index (χ0n) is 12.0. The standard InChI is InChI=1S/C18H14N2O2/c1-21-17-5-3-2-4-14(17)13-8-15-16(12-6-7-22-11-12)10-20-18(15)19-9-13/h2-11H,1H3,(H,19,20). The number of fused-ring (bicyclic) bond motifs is 1. The second-order valence-electron chi connectivity index (χ2n) is 5.03. The number of furan rings is 1. The molecule has 0 spiro atoms. The zero-order valence-corrected chi connectivity index (χ0v) is 12.0. The third-order valence-electron chi connectivity index (χ3n) is 3.78. The number of hydrogen-bond acceptors (Lipinski definition) is 3. The Balaban J connectivity index is 1.92. The van der Waals surface area contributed by atoms with Crippen LogP contribution in [0.15, 0.2) is 65.7 Å². The van der Waals surface area contributed by atoms with Crippen molar-refractivity contribution in [3.8, 4) is 28.0 Å². The second-order valence-corrected chi connectivity index (χ2v) is 5.03. The van der Waals surface area contributed by atoms with Gasteiger partial charge in [0.25, 0.3) is 0 Å². The largest absolute Gasteiger partial charge is 0.496 e. The molecular formula is C18H14N2O2. The van der Waals surface area contributed by atoms with Crippen molar-refractivity contribution in [3.05, 3.63) is 61.3 Å². The number of aromatic amines is 1. The Kier molecular flexibility index (Phi) is 2.93. The van der Waals surface area contributed by atoms with Gasteiger partial charge in [-0.05, 0) is 18.2 Å². The van der Waals surface area contributed by atoms with E-state index in [1.165, 1.54) is 0 Å². The first-order valence-corrected chi connectivity index (χ1v) is 7.00. The zero-order chi connectivity index (χ0) is 14.9. The average Bonchev–Trinajstić information content (AvgIpc) is 3.23. The predicted molar refractivity (Wildman–Crippen MR) is 85.8 cm³/mol. The number of H-pyrrole nitrogens is 1. The van der Waals surface area contributed by atoms with Crippen LogP contribution in [0.25, 0.3) is 33.3 Å². The van der Waals surface area contributed by atoms with E-state index in [-0.39, 0.29) is 0 Å². The Hall–Kier alpha value is -3.01. The number of aromatic nitrogens is 2. The highest BCUT2D eigenvalue weighted by atomic mass is 16.5. The number of methoxy groups -OCH3 is 1. The van der Waals surface area contributed by atoms with Crippen molar-refractivity contribution in [1.29, 1.82) is 0 Å². The van der Waals surface area contributed by atoms with Gasteiger partial charge in [0.1, 0.15) is 11.4 Å². The van der Waals surface area contributed by atoms with E-state index in [9.17, 15) is 0 Å². The van der Waals surface area contributed by atoms with Crippen molar-refractivity contribution in [2.75, 3.05) is 7.11 Å². The van der Waals surface area contributed by atoms with Crippen LogP contribution >= 0.6 is 0 Å². The Labute approximate surface area is 127 Å². The van der Waals surface area contributed by atoms with Gasteiger partial charge in [0, 0.05) is 40.0 Å². The average molecular weight is 290 g/mol. The van der Waals surface area contributed by atoms with Gasteiger partial charge in [-0.1, -0.05) is 18.2 Å². The van der Waals surface area contributed by atoms with Gasteiger partial charge < -0.3 is 14.1 Å². The number of ether oxygens (including phenoxy) is 1. The van der Waals surface area contributed by atoms with E-state index in [2.05, 4.69) is 16.0 Å². The molecule has 0 amide bonds. The van der Waals surface area contributed by atoms with Crippen molar-refractivity contribution in [1.82, 2.24) is 9.97 Å². The lowest BCUT2D eigenvalue weighted by atomic mass is 10.0. The van der Waals surface area contributed by atoms with Gasteiger partial charge in [0.2, 0.25) is 0 Å². The van der Waals surface area contributed by atoms with Crippen LogP contribution in [0.5, 0.6) is 5.75 Å². The summed E-state index contributed by atoms with van der Waals surface area (Å²) < 4.78 is 10.6. The summed E-state index contributed by atoms with van der Waals surface area (Å²) in [6.07, 6.45) is 7.22. The minimum absolute atomic E-state index is 0.837. The van der Waals surface area contributed by atoms with Crippen LogP contribution in [0.1, 0.15) is 0 Å². The SMILES string of the molecule is COc1ccccc1-c1cnc2[nH]cc(-c3ccoc3)c2c1. The predicted octanol–water partition coefficient (Wildman–Crippen LogP) is 4.50. The highest BCUT2D eigenvalue weighted by Gasteiger charge is 2.11. The molecule has 1 aromatic carbocycles. The number of benzene rings is 1. The van der Waals surface area contributed by atoms with Gasteiger partial charge in [0.05, 0.1) is 19.6 Å².